The highest BCUT2D eigenvalue weighted by molar-refractivity contribution is 7.09. The Morgan fingerprint density at radius 3 is 2.87 bits per heavy atom. The molecule has 0 N–H and O–H groups in total. The molecule has 0 spiro atoms. The van der Waals surface area contributed by atoms with Crippen molar-refractivity contribution in [3.8, 4) is 0 Å². The van der Waals surface area contributed by atoms with E-state index in [0.717, 1.165) is 30.0 Å². The van der Waals surface area contributed by atoms with Crippen molar-refractivity contribution in [3.05, 3.63) is 81.9 Å². The van der Waals surface area contributed by atoms with E-state index in [4.69, 9.17) is 4.98 Å². The van der Waals surface area contributed by atoms with Crippen LogP contribution in [-0.2, 0) is 13.0 Å². The Kier molecular flexibility index (Phi) is 3.67. The van der Waals surface area contributed by atoms with E-state index < -0.39 is 0 Å². The molecule has 4 aromatic rings. The van der Waals surface area contributed by atoms with Crippen LogP contribution < -0.4 is 0 Å². The number of fused-ring (bicyclic) bond motifs is 1. The summed E-state index contributed by atoms with van der Waals surface area (Å²) in [5.41, 5.74) is 4.49. The average Bonchev–Trinajstić information content (AvgIpc) is 3.17. The topological polar surface area (TPSA) is 30.7 Å². The Labute approximate surface area is 139 Å². The van der Waals surface area contributed by atoms with Gasteiger partial charge in [-0.25, -0.2) is 9.97 Å². The van der Waals surface area contributed by atoms with Crippen LogP contribution in [0, 0.1) is 6.92 Å². The zero-order valence-electron chi connectivity index (χ0n) is 12.9. The van der Waals surface area contributed by atoms with Crippen LogP contribution in [0.15, 0.2) is 60.1 Å². The molecule has 0 aliphatic carbocycles. The minimum atomic E-state index is 0.823. The lowest BCUT2D eigenvalue weighted by atomic mass is 10.1. The van der Waals surface area contributed by atoms with Gasteiger partial charge in [0.25, 0.3) is 0 Å². The number of hydrogen-bond acceptors (Lipinski definition) is 3. The van der Waals surface area contributed by atoms with Gasteiger partial charge in [0, 0.05) is 17.5 Å². The van der Waals surface area contributed by atoms with Crippen LogP contribution in [0.1, 0.15) is 21.8 Å². The smallest absolute Gasteiger partial charge is 0.160 e. The molecule has 3 heterocycles. The number of thiophene rings is 1. The number of imidazole rings is 1. The monoisotopic (exact) mass is 319 g/mol. The largest absolute Gasteiger partial charge is 0.307 e. The van der Waals surface area contributed by atoms with Crippen LogP contribution in [-0.4, -0.2) is 14.5 Å². The molecule has 114 valence electrons. The quantitative estimate of drug-likeness (QED) is 0.557. The van der Waals surface area contributed by atoms with E-state index in [0.29, 0.717) is 0 Å². The van der Waals surface area contributed by atoms with Gasteiger partial charge in [-0.1, -0.05) is 35.9 Å². The van der Waals surface area contributed by atoms with E-state index >= 15 is 0 Å². The predicted octanol–water partition coefficient (Wildman–Crippen LogP) is 4.44. The van der Waals surface area contributed by atoms with Gasteiger partial charge in [0.05, 0.1) is 6.54 Å². The molecule has 0 saturated carbocycles. The molecular weight excluding hydrogens is 302 g/mol. The van der Waals surface area contributed by atoms with Crippen molar-refractivity contribution in [2.75, 3.05) is 0 Å². The lowest BCUT2D eigenvalue weighted by molar-refractivity contribution is 0.764. The molecular formula is C19H17N3S. The molecule has 4 rings (SSSR count). The third kappa shape index (κ3) is 2.90. The van der Waals surface area contributed by atoms with Crippen molar-refractivity contribution in [2.45, 2.75) is 19.9 Å². The van der Waals surface area contributed by atoms with Gasteiger partial charge in [0.1, 0.15) is 11.3 Å². The van der Waals surface area contributed by atoms with Gasteiger partial charge < -0.3 is 4.57 Å². The van der Waals surface area contributed by atoms with Crippen molar-refractivity contribution in [2.24, 2.45) is 0 Å². The molecule has 0 amide bonds. The highest BCUT2D eigenvalue weighted by Gasteiger charge is 2.13. The second kappa shape index (κ2) is 5.97. The van der Waals surface area contributed by atoms with Crippen LogP contribution in [0.25, 0.3) is 11.2 Å². The number of nitrogens with zero attached hydrogens (tertiary/aromatic N) is 3. The minimum Gasteiger partial charge on any atom is -0.307 e. The van der Waals surface area contributed by atoms with Crippen LogP contribution >= 0.6 is 11.3 Å². The van der Waals surface area contributed by atoms with Crippen LogP contribution in [0.5, 0.6) is 0 Å². The molecule has 0 aliphatic heterocycles. The molecule has 0 fully saturated rings. The first kappa shape index (κ1) is 14.2. The zero-order chi connectivity index (χ0) is 15.6. The minimum absolute atomic E-state index is 0.823. The first-order valence-electron chi connectivity index (χ1n) is 7.67. The predicted molar refractivity (Wildman–Crippen MR) is 94.9 cm³/mol. The number of aromatic nitrogens is 3. The lowest BCUT2D eigenvalue weighted by Crippen LogP contribution is -2.05. The average molecular weight is 319 g/mol. The van der Waals surface area contributed by atoms with E-state index in [-0.39, 0.29) is 0 Å². The molecule has 4 heteroatoms. The van der Waals surface area contributed by atoms with Gasteiger partial charge in [0.15, 0.2) is 5.65 Å². The maximum Gasteiger partial charge on any atom is 0.160 e. The first-order valence-corrected chi connectivity index (χ1v) is 8.55. The molecule has 0 saturated heterocycles. The Morgan fingerprint density at radius 2 is 2.04 bits per heavy atom. The molecule has 3 nitrogen and oxygen atoms in total. The maximum absolute atomic E-state index is 4.82. The van der Waals surface area contributed by atoms with Gasteiger partial charge in [-0.3, -0.25) is 0 Å². The molecule has 0 bridgehead atoms. The normalized spacial score (nSPS) is 11.2. The van der Waals surface area contributed by atoms with E-state index in [1.165, 1.54) is 16.0 Å². The van der Waals surface area contributed by atoms with Gasteiger partial charge in [0.2, 0.25) is 0 Å². The Bertz CT molecular complexity index is 938. The summed E-state index contributed by atoms with van der Waals surface area (Å²) in [6.07, 6.45) is 2.66. The fourth-order valence-corrected chi connectivity index (χ4v) is 3.56. The number of hydrogen-bond donors (Lipinski definition) is 0. The van der Waals surface area contributed by atoms with Gasteiger partial charge in [-0.15, -0.1) is 11.3 Å². The fraction of sp³-hybridized carbons (Fsp3) is 0.158. The SMILES string of the molecule is Cc1cccc(Cc2nc3cccnc3n2Cc2cccs2)c1. The molecule has 0 unspecified atom stereocenters. The van der Waals surface area contributed by atoms with E-state index in [9.17, 15) is 0 Å². The van der Waals surface area contributed by atoms with E-state index in [1.54, 1.807) is 11.3 Å². The van der Waals surface area contributed by atoms with Crippen molar-refractivity contribution in [3.63, 3.8) is 0 Å². The Hall–Kier alpha value is -2.46. The Morgan fingerprint density at radius 1 is 1.09 bits per heavy atom. The zero-order valence-corrected chi connectivity index (χ0v) is 13.8. The van der Waals surface area contributed by atoms with Gasteiger partial charge >= 0.3 is 0 Å². The highest BCUT2D eigenvalue weighted by Crippen LogP contribution is 2.20. The van der Waals surface area contributed by atoms with E-state index in [1.807, 2.05) is 18.3 Å². The molecule has 0 atom stereocenters. The van der Waals surface area contributed by atoms with Gasteiger partial charge in [-0.05, 0) is 36.1 Å². The van der Waals surface area contributed by atoms with Crippen molar-refractivity contribution in [1.82, 2.24) is 14.5 Å². The van der Waals surface area contributed by atoms with Crippen molar-refractivity contribution >= 4 is 22.5 Å². The summed E-state index contributed by atoms with van der Waals surface area (Å²) in [6, 6.07) is 16.9. The molecule has 23 heavy (non-hydrogen) atoms. The maximum atomic E-state index is 4.82. The summed E-state index contributed by atoms with van der Waals surface area (Å²) < 4.78 is 2.24. The van der Waals surface area contributed by atoms with Crippen molar-refractivity contribution < 1.29 is 0 Å². The Balaban J connectivity index is 1.78. The molecule has 1 aromatic carbocycles. The summed E-state index contributed by atoms with van der Waals surface area (Å²) in [7, 11) is 0. The highest BCUT2D eigenvalue weighted by atomic mass is 32.1. The van der Waals surface area contributed by atoms with E-state index in [2.05, 4.69) is 58.3 Å². The summed E-state index contributed by atoms with van der Waals surface area (Å²) in [5, 5.41) is 2.11. The summed E-state index contributed by atoms with van der Waals surface area (Å²) >= 11 is 1.77. The second-order valence-corrected chi connectivity index (χ2v) is 6.74. The van der Waals surface area contributed by atoms with Crippen molar-refractivity contribution in [1.29, 1.82) is 0 Å². The van der Waals surface area contributed by atoms with Crippen LogP contribution in [0.3, 0.4) is 0 Å². The molecule has 3 aromatic heterocycles. The summed E-state index contributed by atoms with van der Waals surface area (Å²) in [6.45, 7) is 2.95. The fourth-order valence-electron chi connectivity index (χ4n) is 2.87. The third-order valence-corrected chi connectivity index (χ3v) is 4.78. The van der Waals surface area contributed by atoms with Crippen LogP contribution in [0.4, 0.5) is 0 Å². The number of benzene rings is 1. The lowest BCUT2D eigenvalue weighted by Gasteiger charge is -2.08. The number of pyridine rings is 1. The second-order valence-electron chi connectivity index (χ2n) is 5.71. The molecule has 0 radical (unpaired) electrons. The molecule has 0 aliphatic rings. The summed E-state index contributed by atoms with van der Waals surface area (Å²) in [4.78, 5) is 10.7. The van der Waals surface area contributed by atoms with Crippen LogP contribution in [0.2, 0.25) is 0 Å². The number of aryl methyl sites for hydroxylation is 1. The number of rotatable bonds is 4. The third-order valence-electron chi connectivity index (χ3n) is 3.92. The van der Waals surface area contributed by atoms with Gasteiger partial charge in [-0.2, -0.15) is 0 Å². The standard InChI is InChI=1S/C19H17N3S/c1-14-5-2-6-15(11-14)12-18-21-17-8-3-9-20-19(17)22(18)13-16-7-4-10-23-16/h2-11H,12-13H2,1H3. The first-order chi connectivity index (χ1) is 11.3. The summed E-state index contributed by atoms with van der Waals surface area (Å²) in [5.74, 6) is 1.07.